The zero-order valence-corrected chi connectivity index (χ0v) is 14.8. The number of esters is 2. The van der Waals surface area contributed by atoms with Gasteiger partial charge >= 0.3 is 11.9 Å². The van der Waals surface area contributed by atoms with Crippen LogP contribution >= 0.6 is 12.2 Å². The maximum atomic E-state index is 12.1. The van der Waals surface area contributed by atoms with E-state index in [1.54, 1.807) is 13.8 Å². The molecule has 1 saturated carbocycles. The minimum absolute atomic E-state index is 0.0108. The third kappa shape index (κ3) is 6.66. The molecule has 1 amide bonds. The summed E-state index contributed by atoms with van der Waals surface area (Å²) >= 11 is 4.64. The zero-order valence-electron chi connectivity index (χ0n) is 14.0. The summed E-state index contributed by atoms with van der Waals surface area (Å²) in [5, 5.41) is 2.38. The van der Waals surface area contributed by atoms with Crippen molar-refractivity contribution in [1.82, 2.24) is 5.32 Å². The molecule has 1 aliphatic rings. The molecule has 3 N–H and O–H groups in total. The molecule has 24 heavy (non-hydrogen) atoms. The minimum atomic E-state index is -0.531. The van der Waals surface area contributed by atoms with Crippen molar-refractivity contribution in [3.8, 4) is 0 Å². The van der Waals surface area contributed by atoms with Crippen LogP contribution in [0, 0.1) is 11.8 Å². The lowest BCUT2D eigenvalue weighted by atomic mass is 9.81. The van der Waals surface area contributed by atoms with Gasteiger partial charge in [-0.3, -0.25) is 9.59 Å². The number of rotatable bonds is 6. The standard InChI is InChI=1S/C16H24N2O5S/c1-9(2)14(20)22-8-10(3)23-15(21)12-6-4-11(5-7-12)13(19)18-16(17)24/h10-12H,1,4-8H2,2-3H3,(H3,17,18,19,24). The van der Waals surface area contributed by atoms with Crippen molar-refractivity contribution >= 4 is 35.2 Å². The van der Waals surface area contributed by atoms with Crippen molar-refractivity contribution in [3.63, 3.8) is 0 Å². The van der Waals surface area contributed by atoms with Crippen LogP contribution in [0.2, 0.25) is 0 Å². The van der Waals surface area contributed by atoms with Crippen LogP contribution in [0.25, 0.3) is 0 Å². The molecular weight excluding hydrogens is 332 g/mol. The lowest BCUT2D eigenvalue weighted by Crippen LogP contribution is -2.40. The molecule has 0 aliphatic heterocycles. The Hall–Kier alpha value is -1.96. The van der Waals surface area contributed by atoms with Gasteiger partial charge < -0.3 is 20.5 Å². The van der Waals surface area contributed by atoms with Gasteiger partial charge in [0.15, 0.2) is 5.11 Å². The number of hydrogen-bond acceptors (Lipinski definition) is 6. The third-order valence-electron chi connectivity index (χ3n) is 3.79. The highest BCUT2D eigenvalue weighted by Crippen LogP contribution is 2.30. The molecule has 1 atom stereocenters. The average Bonchev–Trinajstić information content (AvgIpc) is 2.51. The Balaban J connectivity index is 2.35. The number of amides is 1. The minimum Gasteiger partial charge on any atom is -0.459 e. The van der Waals surface area contributed by atoms with Gasteiger partial charge in [-0.25, -0.2) is 4.79 Å². The quantitative estimate of drug-likeness (QED) is 0.418. The summed E-state index contributed by atoms with van der Waals surface area (Å²) in [5.74, 6) is -1.48. The predicted molar refractivity (Wildman–Crippen MR) is 91.7 cm³/mol. The Morgan fingerprint density at radius 1 is 1.25 bits per heavy atom. The summed E-state index contributed by atoms with van der Waals surface area (Å²) in [6, 6.07) is 0. The number of thiocarbonyl (C=S) groups is 1. The topological polar surface area (TPSA) is 108 Å². The predicted octanol–water partition coefficient (Wildman–Crippen LogP) is 1.20. The maximum absolute atomic E-state index is 12.1. The molecule has 0 saturated heterocycles. The van der Waals surface area contributed by atoms with Crippen molar-refractivity contribution in [3.05, 3.63) is 12.2 Å². The van der Waals surface area contributed by atoms with Gasteiger partial charge in [-0.15, -0.1) is 0 Å². The van der Waals surface area contributed by atoms with Gasteiger partial charge in [0.2, 0.25) is 5.91 Å². The molecule has 8 heteroatoms. The molecule has 7 nitrogen and oxygen atoms in total. The van der Waals surface area contributed by atoms with E-state index >= 15 is 0 Å². The van der Waals surface area contributed by atoms with Gasteiger partial charge in [-0.05, 0) is 51.7 Å². The van der Waals surface area contributed by atoms with Crippen LogP contribution in [0.5, 0.6) is 0 Å². The van der Waals surface area contributed by atoms with Crippen molar-refractivity contribution in [2.45, 2.75) is 45.6 Å². The van der Waals surface area contributed by atoms with E-state index < -0.39 is 12.1 Å². The SMILES string of the molecule is C=C(C)C(=O)OCC(C)OC(=O)C1CCC(C(=O)NC(N)=S)CC1. The normalized spacial score (nSPS) is 21.2. The summed E-state index contributed by atoms with van der Waals surface area (Å²) in [4.78, 5) is 35.2. The Bertz CT molecular complexity index is 527. The second kappa shape index (κ2) is 9.36. The van der Waals surface area contributed by atoms with Crippen LogP contribution in [-0.4, -0.2) is 35.7 Å². The first kappa shape index (κ1) is 20.1. The lowest BCUT2D eigenvalue weighted by molar-refractivity contribution is -0.161. The Labute approximate surface area is 146 Å². The Kier molecular flexibility index (Phi) is 7.84. The van der Waals surface area contributed by atoms with Gasteiger partial charge in [0.25, 0.3) is 0 Å². The molecule has 1 aliphatic carbocycles. The first-order valence-electron chi connectivity index (χ1n) is 7.84. The highest BCUT2D eigenvalue weighted by molar-refractivity contribution is 7.80. The average molecular weight is 356 g/mol. The molecule has 134 valence electrons. The number of hydrogen-bond donors (Lipinski definition) is 2. The van der Waals surface area contributed by atoms with Gasteiger partial charge in [-0.1, -0.05) is 6.58 Å². The van der Waals surface area contributed by atoms with Crippen molar-refractivity contribution in [2.24, 2.45) is 17.6 Å². The fourth-order valence-electron chi connectivity index (χ4n) is 2.46. The highest BCUT2D eigenvalue weighted by Gasteiger charge is 2.31. The third-order valence-corrected chi connectivity index (χ3v) is 3.89. The van der Waals surface area contributed by atoms with Gasteiger partial charge in [-0.2, -0.15) is 0 Å². The van der Waals surface area contributed by atoms with E-state index in [2.05, 4.69) is 24.1 Å². The van der Waals surface area contributed by atoms with Crippen LogP contribution in [0.4, 0.5) is 0 Å². The Morgan fingerprint density at radius 3 is 2.29 bits per heavy atom. The van der Waals surface area contributed by atoms with Gasteiger partial charge in [0.1, 0.15) is 12.7 Å². The van der Waals surface area contributed by atoms with E-state index in [1.807, 2.05) is 0 Å². The van der Waals surface area contributed by atoms with Gasteiger partial charge in [0, 0.05) is 11.5 Å². The molecule has 0 bridgehead atoms. The second-order valence-electron chi connectivity index (χ2n) is 6.03. The van der Waals surface area contributed by atoms with Crippen molar-refractivity contribution in [1.29, 1.82) is 0 Å². The number of nitrogens with two attached hydrogens (primary N) is 1. The van der Waals surface area contributed by atoms with Crippen molar-refractivity contribution < 1.29 is 23.9 Å². The Morgan fingerprint density at radius 2 is 1.79 bits per heavy atom. The first-order chi connectivity index (χ1) is 11.2. The second-order valence-corrected chi connectivity index (χ2v) is 6.47. The first-order valence-corrected chi connectivity index (χ1v) is 8.25. The molecule has 0 heterocycles. The number of carbonyl (C=O) groups is 3. The maximum Gasteiger partial charge on any atom is 0.333 e. The summed E-state index contributed by atoms with van der Waals surface area (Å²) in [6.07, 6.45) is 1.75. The molecule has 1 fully saturated rings. The largest absolute Gasteiger partial charge is 0.459 e. The number of ether oxygens (including phenoxy) is 2. The molecule has 1 rings (SSSR count). The van der Waals surface area contributed by atoms with Gasteiger partial charge in [0.05, 0.1) is 5.92 Å². The fourth-order valence-corrected chi connectivity index (χ4v) is 2.56. The number of nitrogens with one attached hydrogen (secondary N) is 1. The smallest absolute Gasteiger partial charge is 0.333 e. The van der Waals surface area contributed by atoms with E-state index in [1.165, 1.54) is 0 Å². The van der Waals surface area contributed by atoms with E-state index in [4.69, 9.17) is 15.2 Å². The van der Waals surface area contributed by atoms with E-state index in [0.717, 1.165) is 0 Å². The summed E-state index contributed by atoms with van der Waals surface area (Å²) in [6.45, 7) is 6.67. The summed E-state index contributed by atoms with van der Waals surface area (Å²) < 4.78 is 10.2. The summed E-state index contributed by atoms with van der Waals surface area (Å²) in [5.41, 5.74) is 5.58. The lowest BCUT2D eigenvalue weighted by Gasteiger charge is -2.27. The monoisotopic (exact) mass is 356 g/mol. The molecular formula is C16H24N2O5S. The zero-order chi connectivity index (χ0) is 18.3. The highest BCUT2D eigenvalue weighted by atomic mass is 32.1. The molecule has 0 aromatic rings. The van der Waals surface area contributed by atoms with Crippen LogP contribution in [0.15, 0.2) is 12.2 Å². The molecule has 0 spiro atoms. The number of carbonyl (C=O) groups excluding carboxylic acids is 3. The molecule has 0 aromatic carbocycles. The fraction of sp³-hybridized carbons (Fsp3) is 0.625. The van der Waals surface area contributed by atoms with E-state index in [-0.39, 0.29) is 35.4 Å². The van der Waals surface area contributed by atoms with Crippen molar-refractivity contribution in [2.75, 3.05) is 6.61 Å². The summed E-state index contributed by atoms with van der Waals surface area (Å²) in [7, 11) is 0. The van der Waals surface area contributed by atoms with Crippen LogP contribution in [0.3, 0.4) is 0 Å². The van der Waals surface area contributed by atoms with E-state index in [0.29, 0.717) is 31.3 Å². The molecule has 1 unspecified atom stereocenters. The molecule has 0 aromatic heterocycles. The van der Waals surface area contributed by atoms with E-state index in [9.17, 15) is 14.4 Å². The van der Waals surface area contributed by atoms with Crippen LogP contribution in [-0.2, 0) is 23.9 Å². The van der Waals surface area contributed by atoms with Crippen LogP contribution < -0.4 is 11.1 Å². The molecule has 0 radical (unpaired) electrons. The van der Waals surface area contributed by atoms with Crippen LogP contribution in [0.1, 0.15) is 39.5 Å².